The van der Waals surface area contributed by atoms with Crippen LogP contribution < -0.4 is 14.4 Å². The van der Waals surface area contributed by atoms with E-state index in [1.165, 1.54) is 23.5 Å². The fraction of sp³-hybridized carbons (Fsp3) is 0.150. The minimum atomic E-state index is -3.62. The zero-order chi connectivity index (χ0) is 21.0. The molecule has 152 valence electrons. The SMILES string of the molecule is Cc1ccc(F)c(NC(=O)COc2ccc(N(C)S(=O)(=O)c3cccs3)cc2)c1. The zero-order valence-electron chi connectivity index (χ0n) is 15.8. The summed E-state index contributed by atoms with van der Waals surface area (Å²) in [6.45, 7) is 1.49. The van der Waals surface area contributed by atoms with Crippen molar-refractivity contribution in [2.24, 2.45) is 0 Å². The maximum atomic E-state index is 13.7. The van der Waals surface area contributed by atoms with Crippen LogP contribution in [-0.4, -0.2) is 28.0 Å². The third kappa shape index (κ3) is 4.93. The summed E-state index contributed by atoms with van der Waals surface area (Å²) in [6.07, 6.45) is 0. The Bertz CT molecular complexity index is 1100. The molecule has 0 fully saturated rings. The van der Waals surface area contributed by atoms with Gasteiger partial charge in [-0.15, -0.1) is 11.3 Å². The summed E-state index contributed by atoms with van der Waals surface area (Å²) in [4.78, 5) is 12.0. The van der Waals surface area contributed by atoms with E-state index in [1.54, 1.807) is 54.8 Å². The summed E-state index contributed by atoms with van der Waals surface area (Å²) in [5, 5.41) is 4.16. The lowest BCUT2D eigenvalue weighted by atomic mass is 10.2. The number of carbonyl (C=O) groups is 1. The highest BCUT2D eigenvalue weighted by Crippen LogP contribution is 2.26. The van der Waals surface area contributed by atoms with Crippen LogP contribution in [0.1, 0.15) is 5.56 Å². The largest absolute Gasteiger partial charge is 0.484 e. The molecule has 3 rings (SSSR count). The number of benzene rings is 2. The molecule has 0 atom stereocenters. The molecule has 0 aliphatic carbocycles. The van der Waals surface area contributed by atoms with E-state index >= 15 is 0 Å². The molecular weight excluding hydrogens is 415 g/mol. The van der Waals surface area contributed by atoms with Crippen LogP contribution in [0.3, 0.4) is 0 Å². The van der Waals surface area contributed by atoms with Gasteiger partial charge in [-0.05, 0) is 60.3 Å². The van der Waals surface area contributed by atoms with Crippen LogP contribution in [0.25, 0.3) is 0 Å². The van der Waals surface area contributed by atoms with Crippen molar-refractivity contribution in [3.05, 3.63) is 71.4 Å². The van der Waals surface area contributed by atoms with E-state index in [2.05, 4.69) is 5.32 Å². The highest BCUT2D eigenvalue weighted by atomic mass is 32.2. The predicted molar refractivity (Wildman–Crippen MR) is 112 cm³/mol. The van der Waals surface area contributed by atoms with Crippen LogP contribution in [0.4, 0.5) is 15.8 Å². The van der Waals surface area contributed by atoms with Gasteiger partial charge in [0.05, 0.1) is 11.4 Å². The average Bonchev–Trinajstić information content (AvgIpc) is 3.25. The maximum absolute atomic E-state index is 13.7. The first-order valence-corrected chi connectivity index (χ1v) is 10.9. The highest BCUT2D eigenvalue weighted by Gasteiger charge is 2.22. The number of nitrogens with zero attached hydrogens (tertiary/aromatic N) is 1. The van der Waals surface area contributed by atoms with Gasteiger partial charge < -0.3 is 10.1 Å². The monoisotopic (exact) mass is 434 g/mol. The Morgan fingerprint density at radius 1 is 1.17 bits per heavy atom. The molecule has 29 heavy (non-hydrogen) atoms. The van der Waals surface area contributed by atoms with Gasteiger partial charge in [0.1, 0.15) is 15.8 Å². The Labute approximate surface area is 172 Å². The summed E-state index contributed by atoms with van der Waals surface area (Å²) in [5.41, 5.74) is 1.37. The van der Waals surface area contributed by atoms with Crippen molar-refractivity contribution in [1.82, 2.24) is 0 Å². The molecule has 1 aromatic heterocycles. The fourth-order valence-corrected chi connectivity index (χ4v) is 4.86. The number of anilines is 2. The number of hydrogen-bond acceptors (Lipinski definition) is 5. The zero-order valence-corrected chi connectivity index (χ0v) is 17.4. The van der Waals surface area contributed by atoms with Gasteiger partial charge in [0.25, 0.3) is 15.9 Å². The summed E-state index contributed by atoms with van der Waals surface area (Å²) in [5.74, 6) is -0.644. The number of ether oxygens (including phenoxy) is 1. The third-order valence-corrected chi connectivity index (χ3v) is 7.23. The van der Waals surface area contributed by atoms with Crippen LogP contribution in [-0.2, 0) is 14.8 Å². The quantitative estimate of drug-likeness (QED) is 0.609. The average molecular weight is 435 g/mol. The van der Waals surface area contributed by atoms with Crippen molar-refractivity contribution in [2.75, 3.05) is 23.3 Å². The number of nitrogens with one attached hydrogen (secondary N) is 1. The van der Waals surface area contributed by atoms with Crippen molar-refractivity contribution in [3.8, 4) is 5.75 Å². The molecule has 0 saturated carbocycles. The normalized spacial score (nSPS) is 11.1. The molecule has 0 saturated heterocycles. The van der Waals surface area contributed by atoms with E-state index in [9.17, 15) is 17.6 Å². The Hall–Kier alpha value is -2.91. The number of thiophene rings is 1. The third-order valence-electron chi connectivity index (χ3n) is 4.08. The molecule has 0 spiro atoms. The van der Waals surface area contributed by atoms with E-state index in [4.69, 9.17) is 4.74 Å². The van der Waals surface area contributed by atoms with E-state index in [0.29, 0.717) is 11.4 Å². The molecule has 9 heteroatoms. The summed E-state index contributed by atoms with van der Waals surface area (Å²) < 4.78 is 45.6. The first kappa shape index (κ1) is 20.8. The standard InChI is InChI=1S/C20H19FN2O4S2/c1-14-5-10-17(21)18(12-14)22-19(24)13-27-16-8-6-15(7-9-16)23(2)29(25,26)20-4-3-11-28-20/h3-12H,13H2,1-2H3,(H,22,24). The number of aryl methyl sites for hydroxylation is 1. The van der Waals surface area contributed by atoms with E-state index in [-0.39, 0.29) is 16.5 Å². The summed E-state index contributed by atoms with van der Waals surface area (Å²) in [6, 6.07) is 13.9. The molecule has 1 amide bonds. The van der Waals surface area contributed by atoms with Crippen molar-refractivity contribution in [3.63, 3.8) is 0 Å². The Kier molecular flexibility index (Phi) is 6.19. The lowest BCUT2D eigenvalue weighted by Crippen LogP contribution is -2.25. The Morgan fingerprint density at radius 3 is 2.55 bits per heavy atom. The Morgan fingerprint density at radius 2 is 1.90 bits per heavy atom. The van der Waals surface area contributed by atoms with Crippen molar-refractivity contribution in [1.29, 1.82) is 0 Å². The minimum Gasteiger partial charge on any atom is -0.484 e. The molecular formula is C20H19FN2O4S2. The highest BCUT2D eigenvalue weighted by molar-refractivity contribution is 7.94. The van der Waals surface area contributed by atoms with Crippen LogP contribution in [0, 0.1) is 12.7 Å². The van der Waals surface area contributed by atoms with Crippen LogP contribution in [0.5, 0.6) is 5.75 Å². The van der Waals surface area contributed by atoms with Crippen molar-refractivity contribution >= 4 is 38.6 Å². The molecule has 0 aliphatic rings. The second-order valence-electron chi connectivity index (χ2n) is 6.22. The molecule has 0 aliphatic heterocycles. The maximum Gasteiger partial charge on any atom is 0.273 e. The first-order chi connectivity index (χ1) is 13.8. The van der Waals surface area contributed by atoms with Crippen molar-refractivity contribution < 1.29 is 22.3 Å². The lowest BCUT2D eigenvalue weighted by Gasteiger charge is -2.18. The van der Waals surface area contributed by atoms with Gasteiger partial charge in [-0.3, -0.25) is 9.10 Å². The first-order valence-electron chi connectivity index (χ1n) is 8.58. The van der Waals surface area contributed by atoms with Gasteiger partial charge in [0.2, 0.25) is 0 Å². The molecule has 2 aromatic carbocycles. The number of halogens is 1. The molecule has 1 N–H and O–H groups in total. The molecule has 1 heterocycles. The van der Waals surface area contributed by atoms with Gasteiger partial charge in [0.15, 0.2) is 6.61 Å². The molecule has 3 aromatic rings. The fourth-order valence-electron chi connectivity index (χ4n) is 2.51. The summed E-state index contributed by atoms with van der Waals surface area (Å²) in [7, 11) is -2.15. The van der Waals surface area contributed by atoms with Crippen LogP contribution in [0.2, 0.25) is 0 Å². The lowest BCUT2D eigenvalue weighted by molar-refractivity contribution is -0.118. The molecule has 0 radical (unpaired) electrons. The van der Waals surface area contributed by atoms with E-state index < -0.39 is 21.7 Å². The molecule has 0 unspecified atom stereocenters. The van der Waals surface area contributed by atoms with Crippen molar-refractivity contribution in [2.45, 2.75) is 11.1 Å². The van der Waals surface area contributed by atoms with Gasteiger partial charge >= 0.3 is 0 Å². The predicted octanol–water partition coefficient (Wildman–Crippen LogP) is 4.04. The number of sulfonamides is 1. The second kappa shape index (κ2) is 8.62. The van der Waals surface area contributed by atoms with Gasteiger partial charge in [-0.25, -0.2) is 12.8 Å². The van der Waals surface area contributed by atoms with Gasteiger partial charge in [-0.1, -0.05) is 12.1 Å². The molecule has 0 bridgehead atoms. The number of rotatable bonds is 7. The topological polar surface area (TPSA) is 75.7 Å². The number of amides is 1. The van der Waals surface area contributed by atoms with Crippen LogP contribution in [0.15, 0.2) is 64.2 Å². The van der Waals surface area contributed by atoms with E-state index in [1.807, 2.05) is 0 Å². The number of carbonyl (C=O) groups excluding carboxylic acids is 1. The van der Waals surface area contributed by atoms with Gasteiger partial charge in [-0.2, -0.15) is 0 Å². The summed E-state index contributed by atoms with van der Waals surface area (Å²) >= 11 is 1.14. The number of hydrogen-bond donors (Lipinski definition) is 1. The molecule has 6 nitrogen and oxygen atoms in total. The second-order valence-corrected chi connectivity index (χ2v) is 9.36. The Balaban J connectivity index is 1.60. The van der Waals surface area contributed by atoms with Crippen LogP contribution >= 0.6 is 11.3 Å². The minimum absolute atomic E-state index is 0.0920. The smallest absolute Gasteiger partial charge is 0.273 e. The van der Waals surface area contributed by atoms with E-state index in [0.717, 1.165) is 16.9 Å². The van der Waals surface area contributed by atoms with Gasteiger partial charge in [0, 0.05) is 7.05 Å².